The molecule has 1 aliphatic rings. The quantitative estimate of drug-likeness (QED) is 0.869. The number of nitrogens with two attached hydrogens (primary N) is 1. The van der Waals surface area contributed by atoms with Gasteiger partial charge in [0.15, 0.2) is 0 Å². The fourth-order valence-corrected chi connectivity index (χ4v) is 2.84. The van der Waals surface area contributed by atoms with Crippen LogP contribution in [-0.2, 0) is 4.79 Å². The second kappa shape index (κ2) is 5.53. The van der Waals surface area contributed by atoms with Crippen molar-refractivity contribution in [2.45, 2.75) is 26.3 Å². The van der Waals surface area contributed by atoms with Crippen LogP contribution in [0, 0.1) is 11.8 Å². The van der Waals surface area contributed by atoms with Gasteiger partial charge < -0.3 is 10.6 Å². The number of carbonyl (C=O) groups is 1. The largest absolute Gasteiger partial charge is 0.341 e. The minimum Gasteiger partial charge on any atom is -0.341 e. The number of likely N-dealkylation sites (tertiary alicyclic amines) is 1. The van der Waals surface area contributed by atoms with Gasteiger partial charge in [-0.05, 0) is 23.8 Å². The van der Waals surface area contributed by atoms with Gasteiger partial charge in [0, 0.05) is 13.1 Å². The molecule has 0 radical (unpaired) electrons. The van der Waals surface area contributed by atoms with Crippen molar-refractivity contribution < 1.29 is 4.79 Å². The third-order valence-corrected chi connectivity index (χ3v) is 3.61. The predicted molar refractivity (Wildman–Crippen MR) is 72.9 cm³/mol. The summed E-state index contributed by atoms with van der Waals surface area (Å²) in [4.78, 5) is 14.3. The molecule has 2 N–H and O–H groups in total. The first-order valence-electron chi connectivity index (χ1n) is 6.67. The van der Waals surface area contributed by atoms with Gasteiger partial charge in [0.25, 0.3) is 0 Å². The van der Waals surface area contributed by atoms with E-state index in [4.69, 9.17) is 5.73 Å². The van der Waals surface area contributed by atoms with Crippen molar-refractivity contribution in [3.8, 4) is 0 Å². The van der Waals surface area contributed by atoms with Gasteiger partial charge in [0.2, 0.25) is 5.91 Å². The number of benzene rings is 1. The molecule has 2 rings (SSSR count). The van der Waals surface area contributed by atoms with E-state index in [1.54, 1.807) is 0 Å². The molecule has 1 heterocycles. The molecular weight excluding hydrogens is 224 g/mol. The summed E-state index contributed by atoms with van der Waals surface area (Å²) in [6.45, 7) is 6.07. The smallest absolute Gasteiger partial charge is 0.244 e. The second-order valence-electron chi connectivity index (χ2n) is 5.58. The summed E-state index contributed by atoms with van der Waals surface area (Å²) in [6, 6.07) is 9.09. The lowest BCUT2D eigenvalue weighted by Crippen LogP contribution is -2.46. The molecule has 3 unspecified atom stereocenters. The van der Waals surface area contributed by atoms with Gasteiger partial charge in [0.05, 0.1) is 0 Å². The maximum absolute atomic E-state index is 12.4. The predicted octanol–water partition coefficient (Wildman–Crippen LogP) is 2.19. The van der Waals surface area contributed by atoms with Gasteiger partial charge in [-0.25, -0.2) is 0 Å². The maximum atomic E-state index is 12.4. The molecule has 1 aromatic rings. The lowest BCUT2D eigenvalue weighted by Gasteiger charge is -2.36. The highest BCUT2D eigenvalue weighted by Crippen LogP contribution is 2.23. The fourth-order valence-electron chi connectivity index (χ4n) is 2.84. The minimum atomic E-state index is -0.524. The van der Waals surface area contributed by atoms with Crippen LogP contribution in [0.25, 0.3) is 0 Å². The monoisotopic (exact) mass is 246 g/mol. The molecule has 0 aromatic heterocycles. The topological polar surface area (TPSA) is 46.3 Å². The van der Waals surface area contributed by atoms with Crippen LogP contribution >= 0.6 is 0 Å². The first-order valence-corrected chi connectivity index (χ1v) is 6.67. The maximum Gasteiger partial charge on any atom is 0.244 e. The third-order valence-electron chi connectivity index (χ3n) is 3.61. The highest BCUT2D eigenvalue weighted by molar-refractivity contribution is 5.83. The Balaban J connectivity index is 2.07. The molecule has 1 aliphatic heterocycles. The average Bonchev–Trinajstić information content (AvgIpc) is 2.37. The number of rotatable bonds is 2. The van der Waals surface area contributed by atoms with Crippen molar-refractivity contribution in [2.24, 2.45) is 17.6 Å². The van der Waals surface area contributed by atoms with Crippen molar-refractivity contribution in [2.75, 3.05) is 13.1 Å². The summed E-state index contributed by atoms with van der Waals surface area (Å²) in [6.07, 6.45) is 1.20. The number of amides is 1. The van der Waals surface area contributed by atoms with Gasteiger partial charge in [0.1, 0.15) is 6.04 Å². The highest BCUT2D eigenvalue weighted by Gasteiger charge is 2.28. The number of hydrogen-bond acceptors (Lipinski definition) is 2. The zero-order chi connectivity index (χ0) is 13.1. The number of hydrogen-bond donors (Lipinski definition) is 1. The molecule has 1 saturated heterocycles. The molecule has 1 aromatic carbocycles. The van der Waals surface area contributed by atoms with E-state index in [0.717, 1.165) is 18.7 Å². The van der Waals surface area contributed by atoms with E-state index in [1.807, 2.05) is 35.2 Å². The Morgan fingerprint density at radius 2 is 1.78 bits per heavy atom. The summed E-state index contributed by atoms with van der Waals surface area (Å²) < 4.78 is 0. The first kappa shape index (κ1) is 13.1. The lowest BCUT2D eigenvalue weighted by molar-refractivity contribution is -0.135. The van der Waals surface area contributed by atoms with Crippen LogP contribution in [0.4, 0.5) is 0 Å². The molecule has 0 aliphatic carbocycles. The average molecular weight is 246 g/mol. The zero-order valence-corrected chi connectivity index (χ0v) is 11.2. The van der Waals surface area contributed by atoms with Gasteiger partial charge in [-0.1, -0.05) is 44.2 Å². The molecule has 3 heteroatoms. The van der Waals surface area contributed by atoms with Crippen LogP contribution in [0.2, 0.25) is 0 Å². The van der Waals surface area contributed by atoms with Crippen LogP contribution in [0.5, 0.6) is 0 Å². The normalized spacial score (nSPS) is 25.8. The summed E-state index contributed by atoms with van der Waals surface area (Å²) in [5.74, 6) is 1.20. The van der Waals surface area contributed by atoms with E-state index < -0.39 is 6.04 Å². The molecule has 18 heavy (non-hydrogen) atoms. The summed E-state index contributed by atoms with van der Waals surface area (Å²) >= 11 is 0. The Morgan fingerprint density at radius 3 is 2.33 bits per heavy atom. The van der Waals surface area contributed by atoms with Gasteiger partial charge in [-0.2, -0.15) is 0 Å². The van der Waals surface area contributed by atoms with Crippen LogP contribution in [-0.4, -0.2) is 23.9 Å². The molecule has 0 spiro atoms. The molecule has 0 bridgehead atoms. The summed E-state index contributed by atoms with van der Waals surface area (Å²) in [5, 5.41) is 0. The van der Waals surface area contributed by atoms with Crippen LogP contribution in [0.1, 0.15) is 31.9 Å². The standard InChI is InChI=1S/C15H22N2O/c1-11-8-12(2)10-17(9-11)15(18)14(16)13-6-4-3-5-7-13/h3-7,11-12,14H,8-10,16H2,1-2H3. The van der Waals surface area contributed by atoms with Crippen LogP contribution in [0.15, 0.2) is 30.3 Å². The van der Waals surface area contributed by atoms with Gasteiger partial charge >= 0.3 is 0 Å². The van der Waals surface area contributed by atoms with Crippen molar-refractivity contribution >= 4 is 5.91 Å². The molecule has 3 nitrogen and oxygen atoms in total. The van der Waals surface area contributed by atoms with Gasteiger partial charge in [-0.15, -0.1) is 0 Å². The lowest BCUT2D eigenvalue weighted by atomic mass is 9.91. The van der Waals surface area contributed by atoms with E-state index in [2.05, 4.69) is 13.8 Å². The third kappa shape index (κ3) is 2.91. The molecule has 1 amide bonds. The van der Waals surface area contributed by atoms with Crippen molar-refractivity contribution in [3.05, 3.63) is 35.9 Å². The van der Waals surface area contributed by atoms with E-state index in [-0.39, 0.29) is 5.91 Å². The summed E-state index contributed by atoms with van der Waals surface area (Å²) in [7, 11) is 0. The molecule has 98 valence electrons. The fraction of sp³-hybridized carbons (Fsp3) is 0.533. The minimum absolute atomic E-state index is 0.0552. The van der Waals surface area contributed by atoms with Crippen molar-refractivity contribution in [1.29, 1.82) is 0 Å². The highest BCUT2D eigenvalue weighted by atomic mass is 16.2. The van der Waals surface area contributed by atoms with Crippen molar-refractivity contribution in [1.82, 2.24) is 4.90 Å². The summed E-state index contributed by atoms with van der Waals surface area (Å²) in [5.41, 5.74) is 6.97. The second-order valence-corrected chi connectivity index (χ2v) is 5.58. The van der Waals surface area contributed by atoms with E-state index >= 15 is 0 Å². The number of piperidine rings is 1. The van der Waals surface area contributed by atoms with Crippen LogP contribution < -0.4 is 5.73 Å². The van der Waals surface area contributed by atoms with Crippen molar-refractivity contribution in [3.63, 3.8) is 0 Å². The molecule has 0 saturated carbocycles. The van der Waals surface area contributed by atoms with E-state index in [9.17, 15) is 4.79 Å². The Kier molecular flexibility index (Phi) is 4.02. The number of carbonyl (C=O) groups excluding carboxylic acids is 1. The molecule has 3 atom stereocenters. The first-order chi connectivity index (χ1) is 8.58. The molecular formula is C15H22N2O. The molecule has 1 fully saturated rings. The van der Waals surface area contributed by atoms with Crippen LogP contribution in [0.3, 0.4) is 0 Å². The Labute approximate surface area is 109 Å². The number of nitrogens with zero attached hydrogens (tertiary/aromatic N) is 1. The Morgan fingerprint density at radius 1 is 1.22 bits per heavy atom. The Hall–Kier alpha value is -1.35. The zero-order valence-electron chi connectivity index (χ0n) is 11.2. The van der Waals surface area contributed by atoms with E-state index in [1.165, 1.54) is 6.42 Å². The SMILES string of the molecule is CC1CC(C)CN(C(=O)C(N)c2ccccc2)C1. The Bertz CT molecular complexity index is 394. The van der Waals surface area contributed by atoms with Gasteiger partial charge in [-0.3, -0.25) is 4.79 Å². The van der Waals surface area contributed by atoms with E-state index in [0.29, 0.717) is 11.8 Å².